The Balaban J connectivity index is 2.49. The van der Waals surface area contributed by atoms with E-state index < -0.39 is 5.97 Å². The Bertz CT molecular complexity index is 227. The molecule has 1 aliphatic carbocycles. The molecule has 1 rings (SSSR count). The summed E-state index contributed by atoms with van der Waals surface area (Å²) in [4.78, 5) is 23.3. The predicted molar refractivity (Wildman–Crippen MR) is 47.2 cm³/mol. The summed E-state index contributed by atoms with van der Waals surface area (Å²) in [6, 6.07) is 0.124. The number of carboxylic acid groups (broad SMARTS) is 1. The van der Waals surface area contributed by atoms with Crippen LogP contribution in [0.15, 0.2) is 0 Å². The van der Waals surface area contributed by atoms with Crippen molar-refractivity contribution in [2.45, 2.75) is 32.2 Å². The quantitative estimate of drug-likeness (QED) is 0.689. The smallest absolute Gasteiger partial charge is 0.306 e. The summed E-state index contributed by atoms with van der Waals surface area (Å²) in [5, 5.41) is 8.75. The number of amides is 1. The number of rotatable bonds is 2. The van der Waals surface area contributed by atoms with Crippen LogP contribution in [0.3, 0.4) is 0 Å². The van der Waals surface area contributed by atoms with Crippen molar-refractivity contribution in [2.75, 3.05) is 7.05 Å². The highest BCUT2D eigenvalue weighted by Crippen LogP contribution is 2.28. The molecule has 2 unspecified atom stereocenters. The lowest BCUT2D eigenvalue weighted by atomic mass is 10.1. The molecule has 1 N–H and O–H groups in total. The van der Waals surface area contributed by atoms with E-state index in [0.717, 1.165) is 6.42 Å². The fourth-order valence-corrected chi connectivity index (χ4v) is 1.79. The van der Waals surface area contributed by atoms with Gasteiger partial charge in [-0.15, -0.1) is 0 Å². The molecule has 1 aliphatic rings. The number of carboxylic acids is 1. The highest BCUT2D eigenvalue weighted by molar-refractivity contribution is 5.74. The minimum atomic E-state index is -0.737. The second kappa shape index (κ2) is 3.77. The summed E-state index contributed by atoms with van der Waals surface area (Å²) in [6.07, 6.45) is 2.11. The van der Waals surface area contributed by atoms with Crippen molar-refractivity contribution in [3.05, 3.63) is 0 Å². The first kappa shape index (κ1) is 10.0. The summed E-state index contributed by atoms with van der Waals surface area (Å²) in [6.45, 7) is 1.51. The third-order valence-electron chi connectivity index (χ3n) is 2.80. The molecule has 0 spiro atoms. The van der Waals surface area contributed by atoms with Gasteiger partial charge in [-0.1, -0.05) is 0 Å². The van der Waals surface area contributed by atoms with Crippen LogP contribution in [0.5, 0.6) is 0 Å². The molecule has 4 nitrogen and oxygen atoms in total. The first-order valence-electron chi connectivity index (χ1n) is 4.48. The lowest BCUT2D eigenvalue weighted by Gasteiger charge is -2.22. The van der Waals surface area contributed by atoms with Gasteiger partial charge in [0.05, 0.1) is 5.92 Å². The van der Waals surface area contributed by atoms with Gasteiger partial charge in [-0.05, 0) is 19.3 Å². The standard InChI is InChI=1S/C9H15NO3/c1-6(11)10(2)8-4-3-7(5-8)9(12)13/h7-8H,3-5H2,1-2H3,(H,12,13). The maximum Gasteiger partial charge on any atom is 0.306 e. The first-order valence-corrected chi connectivity index (χ1v) is 4.48. The van der Waals surface area contributed by atoms with E-state index >= 15 is 0 Å². The molecule has 0 bridgehead atoms. The van der Waals surface area contributed by atoms with E-state index in [2.05, 4.69) is 0 Å². The molecular formula is C9H15NO3. The van der Waals surface area contributed by atoms with Crippen LogP contribution in [0.1, 0.15) is 26.2 Å². The van der Waals surface area contributed by atoms with Crippen molar-refractivity contribution in [3.8, 4) is 0 Å². The van der Waals surface area contributed by atoms with Crippen molar-refractivity contribution < 1.29 is 14.7 Å². The second-order valence-electron chi connectivity index (χ2n) is 3.63. The summed E-state index contributed by atoms with van der Waals surface area (Å²) in [7, 11) is 1.73. The van der Waals surface area contributed by atoms with Crippen LogP contribution in [0, 0.1) is 5.92 Å². The van der Waals surface area contributed by atoms with E-state index in [-0.39, 0.29) is 17.9 Å². The molecule has 4 heteroatoms. The van der Waals surface area contributed by atoms with Gasteiger partial charge < -0.3 is 10.0 Å². The summed E-state index contributed by atoms with van der Waals surface area (Å²) in [5.41, 5.74) is 0. The molecule has 0 aromatic heterocycles. The molecule has 1 fully saturated rings. The molecule has 1 saturated carbocycles. The fraction of sp³-hybridized carbons (Fsp3) is 0.778. The van der Waals surface area contributed by atoms with E-state index in [1.807, 2.05) is 0 Å². The number of carbonyl (C=O) groups excluding carboxylic acids is 1. The highest BCUT2D eigenvalue weighted by Gasteiger charge is 2.32. The molecule has 0 saturated heterocycles. The van der Waals surface area contributed by atoms with Gasteiger partial charge in [-0.25, -0.2) is 0 Å². The van der Waals surface area contributed by atoms with E-state index in [4.69, 9.17) is 5.11 Å². The second-order valence-corrected chi connectivity index (χ2v) is 3.63. The van der Waals surface area contributed by atoms with Gasteiger partial charge >= 0.3 is 5.97 Å². The van der Waals surface area contributed by atoms with Gasteiger partial charge in [0.1, 0.15) is 0 Å². The molecule has 0 heterocycles. The monoisotopic (exact) mass is 185 g/mol. The molecule has 0 aromatic carbocycles. The van der Waals surface area contributed by atoms with Gasteiger partial charge in [0.25, 0.3) is 0 Å². The minimum Gasteiger partial charge on any atom is -0.481 e. The minimum absolute atomic E-state index is 0.0102. The molecule has 0 radical (unpaired) electrons. The Morgan fingerprint density at radius 2 is 2.00 bits per heavy atom. The van der Waals surface area contributed by atoms with Crippen molar-refractivity contribution in [1.82, 2.24) is 4.90 Å². The largest absolute Gasteiger partial charge is 0.481 e. The summed E-state index contributed by atoms with van der Waals surface area (Å²) >= 11 is 0. The molecule has 74 valence electrons. The van der Waals surface area contributed by atoms with Crippen molar-refractivity contribution in [3.63, 3.8) is 0 Å². The maximum absolute atomic E-state index is 11.0. The lowest BCUT2D eigenvalue weighted by molar-refractivity contribution is -0.142. The average Bonchev–Trinajstić information content (AvgIpc) is 2.50. The normalized spacial score (nSPS) is 27.2. The third kappa shape index (κ3) is 2.20. The zero-order valence-electron chi connectivity index (χ0n) is 7.99. The Hall–Kier alpha value is -1.06. The first-order chi connectivity index (χ1) is 6.02. The van der Waals surface area contributed by atoms with Crippen LogP contribution < -0.4 is 0 Å². The van der Waals surface area contributed by atoms with E-state index in [9.17, 15) is 9.59 Å². The van der Waals surface area contributed by atoms with Crippen LogP contribution in [0.4, 0.5) is 0 Å². The zero-order chi connectivity index (χ0) is 10.0. The third-order valence-corrected chi connectivity index (χ3v) is 2.80. The van der Waals surface area contributed by atoms with Crippen molar-refractivity contribution >= 4 is 11.9 Å². The van der Waals surface area contributed by atoms with Crippen molar-refractivity contribution in [2.24, 2.45) is 5.92 Å². The number of aliphatic carboxylic acids is 1. The molecule has 13 heavy (non-hydrogen) atoms. The summed E-state index contributed by atoms with van der Waals surface area (Å²) < 4.78 is 0. The molecule has 0 aliphatic heterocycles. The fourth-order valence-electron chi connectivity index (χ4n) is 1.79. The SMILES string of the molecule is CC(=O)N(C)C1CCC(C(=O)O)C1. The predicted octanol–water partition coefficient (Wildman–Crippen LogP) is 0.718. The van der Waals surface area contributed by atoms with Crippen LogP contribution in [-0.2, 0) is 9.59 Å². The maximum atomic E-state index is 11.0. The topological polar surface area (TPSA) is 57.6 Å². The Kier molecular flexibility index (Phi) is 2.90. The van der Waals surface area contributed by atoms with Crippen LogP contribution >= 0.6 is 0 Å². The molecule has 2 atom stereocenters. The molecule has 0 aromatic rings. The molecular weight excluding hydrogens is 170 g/mol. The van der Waals surface area contributed by atoms with Gasteiger partial charge in [0, 0.05) is 20.0 Å². The Morgan fingerprint density at radius 3 is 2.38 bits per heavy atom. The lowest BCUT2D eigenvalue weighted by Crippen LogP contribution is -2.33. The number of carbonyl (C=O) groups is 2. The van der Waals surface area contributed by atoms with Gasteiger partial charge in [-0.2, -0.15) is 0 Å². The van der Waals surface area contributed by atoms with Crippen LogP contribution in [-0.4, -0.2) is 35.0 Å². The van der Waals surface area contributed by atoms with Gasteiger partial charge in [0.15, 0.2) is 0 Å². The van der Waals surface area contributed by atoms with Gasteiger partial charge in [0.2, 0.25) is 5.91 Å². The number of hydrogen-bond donors (Lipinski definition) is 1. The highest BCUT2D eigenvalue weighted by atomic mass is 16.4. The van der Waals surface area contributed by atoms with Crippen LogP contribution in [0.25, 0.3) is 0 Å². The average molecular weight is 185 g/mol. The van der Waals surface area contributed by atoms with Gasteiger partial charge in [-0.3, -0.25) is 9.59 Å². The Labute approximate surface area is 77.5 Å². The van der Waals surface area contributed by atoms with E-state index in [1.165, 1.54) is 6.92 Å². The number of nitrogens with zero attached hydrogens (tertiary/aromatic N) is 1. The van der Waals surface area contributed by atoms with E-state index in [1.54, 1.807) is 11.9 Å². The van der Waals surface area contributed by atoms with Crippen molar-refractivity contribution in [1.29, 1.82) is 0 Å². The summed E-state index contributed by atoms with van der Waals surface area (Å²) in [5.74, 6) is -0.984. The number of hydrogen-bond acceptors (Lipinski definition) is 2. The zero-order valence-corrected chi connectivity index (χ0v) is 7.99. The Morgan fingerprint density at radius 1 is 1.38 bits per heavy atom. The van der Waals surface area contributed by atoms with Crippen LogP contribution in [0.2, 0.25) is 0 Å². The van der Waals surface area contributed by atoms with E-state index in [0.29, 0.717) is 12.8 Å². The molecule has 1 amide bonds.